The van der Waals surface area contributed by atoms with Crippen molar-refractivity contribution in [3.8, 4) is 6.07 Å². The summed E-state index contributed by atoms with van der Waals surface area (Å²) in [6.45, 7) is 0. The molecule has 19 heavy (non-hydrogen) atoms. The molecule has 2 rings (SSSR count). The van der Waals surface area contributed by atoms with Crippen LogP contribution in [-0.2, 0) is 0 Å². The van der Waals surface area contributed by atoms with Gasteiger partial charge >= 0.3 is 0 Å². The number of nitrogens with zero attached hydrogens (tertiary/aromatic N) is 5. The minimum Gasteiger partial charge on any atom is -0.355 e. The number of allylic oxidation sites excluding steroid dienone is 1. The molecule has 0 spiro atoms. The Kier molecular flexibility index (Phi) is 3.44. The van der Waals surface area contributed by atoms with Crippen molar-refractivity contribution >= 4 is 16.9 Å². The second-order valence-electron chi connectivity index (χ2n) is 3.32. The van der Waals surface area contributed by atoms with Gasteiger partial charge in [-0.15, -0.1) is 10.2 Å². The molecule has 1 aromatic carbocycles. The Hall–Kier alpha value is -3.28. The Morgan fingerprint density at radius 2 is 2.32 bits per heavy atom. The van der Waals surface area contributed by atoms with Crippen molar-refractivity contribution in [1.29, 1.82) is 5.26 Å². The summed E-state index contributed by atoms with van der Waals surface area (Å²) in [5, 5.41) is 35.3. The van der Waals surface area contributed by atoms with E-state index in [2.05, 4.69) is 25.9 Å². The fourth-order valence-electron chi connectivity index (χ4n) is 1.33. The summed E-state index contributed by atoms with van der Waals surface area (Å²) in [5.74, 6) is 0.105. The van der Waals surface area contributed by atoms with E-state index in [0.717, 1.165) is 0 Å². The van der Waals surface area contributed by atoms with Gasteiger partial charge in [0.05, 0.1) is 4.92 Å². The summed E-state index contributed by atoms with van der Waals surface area (Å²) in [4.78, 5) is 10.3. The third kappa shape index (κ3) is 2.70. The smallest absolute Gasteiger partial charge is 0.292 e. The predicted octanol–water partition coefficient (Wildman–Crippen LogP) is 1.08. The molecule has 0 fully saturated rings. The lowest BCUT2D eigenvalue weighted by Crippen LogP contribution is -1.97. The Balaban J connectivity index is 2.27. The van der Waals surface area contributed by atoms with Crippen LogP contribution in [0.2, 0.25) is 0 Å². The number of nitro groups is 1. The monoisotopic (exact) mass is 257 g/mol. The number of rotatable bonds is 4. The number of H-pyrrole nitrogens is 1. The minimum absolute atomic E-state index is 0.0934. The molecule has 2 N–H and O–H groups in total. The van der Waals surface area contributed by atoms with Crippen molar-refractivity contribution < 1.29 is 4.92 Å². The van der Waals surface area contributed by atoms with Crippen LogP contribution in [0.5, 0.6) is 0 Å². The highest BCUT2D eigenvalue weighted by molar-refractivity contribution is 5.75. The minimum atomic E-state index is -0.517. The number of para-hydroxylation sites is 2. The molecule has 1 heterocycles. The van der Waals surface area contributed by atoms with Gasteiger partial charge in [-0.25, -0.2) is 0 Å². The first-order chi connectivity index (χ1) is 9.22. The molecule has 1 aromatic heterocycles. The molecule has 0 aliphatic rings. The standard InChI is InChI=1S/C10H7N7O2/c11-5-7(10-13-15-16-14-10)6-12-8-3-1-2-4-9(8)17(18)19/h1-4,6,12H,(H,13,14,15,16). The van der Waals surface area contributed by atoms with Crippen molar-refractivity contribution in [3.63, 3.8) is 0 Å². The van der Waals surface area contributed by atoms with Gasteiger partial charge in [0, 0.05) is 12.3 Å². The van der Waals surface area contributed by atoms with E-state index in [9.17, 15) is 10.1 Å². The van der Waals surface area contributed by atoms with Crippen molar-refractivity contribution in [2.75, 3.05) is 5.32 Å². The second kappa shape index (κ2) is 5.37. The van der Waals surface area contributed by atoms with Crippen LogP contribution in [0, 0.1) is 21.4 Å². The molecule has 94 valence electrons. The predicted molar refractivity (Wildman–Crippen MR) is 64.5 cm³/mol. The number of nitriles is 1. The second-order valence-corrected chi connectivity index (χ2v) is 3.32. The first-order valence-corrected chi connectivity index (χ1v) is 5.06. The lowest BCUT2D eigenvalue weighted by molar-refractivity contribution is -0.383. The van der Waals surface area contributed by atoms with Gasteiger partial charge in [-0.1, -0.05) is 12.1 Å². The molecule has 9 nitrogen and oxygen atoms in total. The molecule has 9 heteroatoms. The van der Waals surface area contributed by atoms with Gasteiger partial charge < -0.3 is 5.32 Å². The Morgan fingerprint density at radius 1 is 1.53 bits per heavy atom. The number of benzene rings is 1. The number of aromatic amines is 1. The molecule has 0 unspecified atom stereocenters. The topological polar surface area (TPSA) is 133 Å². The van der Waals surface area contributed by atoms with E-state index in [1.807, 2.05) is 6.07 Å². The summed E-state index contributed by atoms with van der Waals surface area (Å²) < 4.78 is 0. The average molecular weight is 257 g/mol. The number of anilines is 1. The van der Waals surface area contributed by atoms with Crippen LogP contribution in [0.1, 0.15) is 5.82 Å². The van der Waals surface area contributed by atoms with Crippen molar-refractivity contribution in [1.82, 2.24) is 20.6 Å². The molecule has 0 amide bonds. The van der Waals surface area contributed by atoms with E-state index in [1.165, 1.54) is 18.3 Å². The quantitative estimate of drug-likeness (QED) is 0.475. The van der Waals surface area contributed by atoms with Gasteiger partial charge in [0.25, 0.3) is 5.69 Å². The van der Waals surface area contributed by atoms with E-state index < -0.39 is 4.92 Å². The molecule has 0 atom stereocenters. The van der Waals surface area contributed by atoms with Crippen LogP contribution >= 0.6 is 0 Å². The van der Waals surface area contributed by atoms with Gasteiger partial charge in [-0.3, -0.25) is 10.1 Å². The molecular weight excluding hydrogens is 250 g/mol. The highest BCUT2D eigenvalue weighted by Gasteiger charge is 2.12. The molecule has 0 aliphatic carbocycles. The first-order valence-electron chi connectivity index (χ1n) is 5.06. The van der Waals surface area contributed by atoms with Gasteiger partial charge in [0.1, 0.15) is 17.3 Å². The molecular formula is C10H7N7O2. The molecule has 0 saturated heterocycles. The lowest BCUT2D eigenvalue weighted by Gasteiger charge is -2.01. The van der Waals surface area contributed by atoms with E-state index in [1.54, 1.807) is 12.1 Å². The fourth-order valence-corrected chi connectivity index (χ4v) is 1.33. The van der Waals surface area contributed by atoms with E-state index >= 15 is 0 Å². The summed E-state index contributed by atoms with van der Waals surface area (Å²) >= 11 is 0. The lowest BCUT2D eigenvalue weighted by atomic mass is 10.2. The fraction of sp³-hybridized carbons (Fsp3) is 0. The van der Waals surface area contributed by atoms with Crippen molar-refractivity contribution in [2.45, 2.75) is 0 Å². The maximum atomic E-state index is 10.8. The van der Waals surface area contributed by atoms with Crippen LogP contribution in [0.3, 0.4) is 0 Å². The highest BCUT2D eigenvalue weighted by Crippen LogP contribution is 2.23. The summed E-state index contributed by atoms with van der Waals surface area (Å²) in [5.41, 5.74) is 0.278. The number of hydrogen-bond donors (Lipinski definition) is 2. The first kappa shape index (κ1) is 12.2. The highest BCUT2D eigenvalue weighted by atomic mass is 16.6. The van der Waals surface area contributed by atoms with Gasteiger partial charge in [-0.2, -0.15) is 10.5 Å². The SMILES string of the molecule is N#CC(=CNc1ccccc1[N+](=O)[O-])c1nn[nH]n1. The Bertz CT molecular complexity index is 657. The number of nitro benzene ring substituents is 1. The molecule has 0 aliphatic heterocycles. The summed E-state index contributed by atoms with van der Waals surface area (Å²) in [6.07, 6.45) is 1.28. The maximum Gasteiger partial charge on any atom is 0.292 e. The number of hydrogen-bond acceptors (Lipinski definition) is 7. The zero-order valence-corrected chi connectivity index (χ0v) is 9.44. The zero-order chi connectivity index (χ0) is 13.7. The number of tetrazole rings is 1. The van der Waals surface area contributed by atoms with Gasteiger partial charge in [0.15, 0.2) is 0 Å². The Morgan fingerprint density at radius 3 is 2.95 bits per heavy atom. The van der Waals surface area contributed by atoms with Crippen LogP contribution < -0.4 is 5.32 Å². The van der Waals surface area contributed by atoms with Crippen LogP contribution in [0.4, 0.5) is 11.4 Å². The molecule has 0 bridgehead atoms. The van der Waals surface area contributed by atoms with Crippen LogP contribution in [-0.4, -0.2) is 25.5 Å². The van der Waals surface area contributed by atoms with Crippen molar-refractivity contribution in [3.05, 3.63) is 46.4 Å². The summed E-state index contributed by atoms with van der Waals surface area (Å²) in [6, 6.07) is 7.95. The molecule has 0 radical (unpaired) electrons. The van der Waals surface area contributed by atoms with E-state index in [0.29, 0.717) is 0 Å². The summed E-state index contributed by atoms with van der Waals surface area (Å²) in [7, 11) is 0. The average Bonchev–Trinajstić information content (AvgIpc) is 2.94. The van der Waals surface area contributed by atoms with Crippen LogP contribution in [0.15, 0.2) is 30.5 Å². The van der Waals surface area contributed by atoms with Crippen molar-refractivity contribution in [2.24, 2.45) is 0 Å². The normalized spacial score (nSPS) is 10.8. The Labute approximate surface area is 106 Å². The maximum absolute atomic E-state index is 10.8. The number of aromatic nitrogens is 4. The van der Waals surface area contributed by atoms with Crippen LogP contribution in [0.25, 0.3) is 5.57 Å². The third-order valence-electron chi connectivity index (χ3n) is 2.18. The largest absolute Gasteiger partial charge is 0.355 e. The van der Waals surface area contributed by atoms with E-state index in [-0.39, 0.29) is 22.8 Å². The van der Waals surface area contributed by atoms with Gasteiger partial charge in [0.2, 0.25) is 5.82 Å². The van der Waals surface area contributed by atoms with Gasteiger partial charge in [-0.05, 0) is 11.3 Å². The van der Waals surface area contributed by atoms with E-state index in [4.69, 9.17) is 5.26 Å². The molecule has 2 aromatic rings. The number of nitrogens with one attached hydrogen (secondary N) is 2. The zero-order valence-electron chi connectivity index (χ0n) is 9.44. The molecule has 0 saturated carbocycles. The third-order valence-corrected chi connectivity index (χ3v) is 2.18.